The molecule has 0 aliphatic carbocycles. The summed E-state index contributed by atoms with van der Waals surface area (Å²) in [5.41, 5.74) is 1.19. The Morgan fingerprint density at radius 2 is 1.00 bits per heavy atom. The summed E-state index contributed by atoms with van der Waals surface area (Å²) in [6.45, 7) is 0. The van der Waals surface area contributed by atoms with E-state index in [1.807, 2.05) is 0 Å². The smallest absolute Gasteiger partial charge is 0.193 e. The number of rotatable bonds is 6. The molecule has 0 N–H and O–H groups in total. The fourth-order valence-electron chi connectivity index (χ4n) is 3.46. The minimum absolute atomic E-state index is 0.0886. The Morgan fingerprint density at radius 1 is 0.545 bits per heavy atom. The van der Waals surface area contributed by atoms with Gasteiger partial charge in [0, 0.05) is 27.8 Å². The molecule has 6 heteroatoms. The third-order valence-corrected chi connectivity index (χ3v) is 5.12. The monoisotopic (exact) mass is 444 g/mol. The van der Waals surface area contributed by atoms with E-state index >= 15 is 0 Å². The standard InChI is InChI=1S/C27H15F3O3/c28-22-6-1-16(2-7-22)26(32)20-11-19(25-14-24(30)10-5-18(25)15-31)12-21(13-20)27(33)17-3-8-23(29)9-4-17/h1-15H. The van der Waals surface area contributed by atoms with Gasteiger partial charge in [-0.3, -0.25) is 14.4 Å². The summed E-state index contributed by atoms with van der Waals surface area (Å²) in [5, 5.41) is 0. The zero-order valence-electron chi connectivity index (χ0n) is 17.0. The van der Waals surface area contributed by atoms with Crippen molar-refractivity contribution in [1.82, 2.24) is 0 Å². The number of halogens is 3. The minimum atomic E-state index is -0.600. The Morgan fingerprint density at radius 3 is 1.45 bits per heavy atom. The van der Waals surface area contributed by atoms with Crippen molar-refractivity contribution >= 4 is 17.9 Å². The van der Waals surface area contributed by atoms with E-state index in [9.17, 15) is 27.6 Å². The van der Waals surface area contributed by atoms with E-state index in [2.05, 4.69) is 0 Å². The molecular formula is C27H15F3O3. The van der Waals surface area contributed by atoms with Gasteiger partial charge in [0.15, 0.2) is 17.9 Å². The number of hydrogen-bond acceptors (Lipinski definition) is 3. The van der Waals surface area contributed by atoms with Crippen LogP contribution in [-0.2, 0) is 0 Å². The number of aldehydes is 1. The predicted molar refractivity (Wildman–Crippen MR) is 117 cm³/mol. The van der Waals surface area contributed by atoms with Gasteiger partial charge in [0.25, 0.3) is 0 Å². The molecule has 0 spiro atoms. The Bertz CT molecular complexity index is 1300. The molecule has 33 heavy (non-hydrogen) atoms. The molecular weight excluding hydrogens is 429 g/mol. The van der Waals surface area contributed by atoms with Crippen molar-refractivity contribution in [3.63, 3.8) is 0 Å². The Kier molecular flexibility index (Phi) is 6.00. The first-order valence-corrected chi connectivity index (χ1v) is 9.86. The van der Waals surface area contributed by atoms with Crippen molar-refractivity contribution in [3.05, 3.63) is 130 Å². The van der Waals surface area contributed by atoms with E-state index in [-0.39, 0.29) is 38.9 Å². The molecule has 4 aromatic carbocycles. The summed E-state index contributed by atoms with van der Waals surface area (Å²) in [6, 6.07) is 17.6. The fourth-order valence-corrected chi connectivity index (χ4v) is 3.46. The molecule has 0 atom stereocenters. The van der Waals surface area contributed by atoms with Crippen molar-refractivity contribution in [3.8, 4) is 11.1 Å². The van der Waals surface area contributed by atoms with Crippen LogP contribution in [0.4, 0.5) is 13.2 Å². The quantitative estimate of drug-likeness (QED) is 0.269. The average Bonchev–Trinajstić information content (AvgIpc) is 2.83. The summed E-state index contributed by atoms with van der Waals surface area (Å²) >= 11 is 0. The molecule has 4 aromatic rings. The van der Waals surface area contributed by atoms with Crippen LogP contribution in [-0.4, -0.2) is 17.9 Å². The fraction of sp³-hybridized carbons (Fsp3) is 0. The molecule has 0 aliphatic rings. The molecule has 0 saturated carbocycles. The number of carbonyl (C=O) groups excluding carboxylic acids is 3. The Hall–Kier alpha value is -4.32. The predicted octanol–water partition coefficient (Wildman–Crippen LogP) is 6.05. The van der Waals surface area contributed by atoms with Crippen LogP contribution in [0.5, 0.6) is 0 Å². The van der Waals surface area contributed by atoms with Crippen LogP contribution in [0, 0.1) is 17.5 Å². The first kappa shape index (κ1) is 21.9. The highest BCUT2D eigenvalue weighted by Gasteiger charge is 2.18. The van der Waals surface area contributed by atoms with Gasteiger partial charge in [0.05, 0.1) is 0 Å². The van der Waals surface area contributed by atoms with Crippen molar-refractivity contribution in [2.24, 2.45) is 0 Å². The van der Waals surface area contributed by atoms with Crippen LogP contribution in [0.3, 0.4) is 0 Å². The van der Waals surface area contributed by atoms with Gasteiger partial charge in [-0.15, -0.1) is 0 Å². The van der Waals surface area contributed by atoms with Gasteiger partial charge in [-0.25, -0.2) is 13.2 Å². The molecule has 4 rings (SSSR count). The van der Waals surface area contributed by atoms with Crippen LogP contribution < -0.4 is 0 Å². The molecule has 162 valence electrons. The lowest BCUT2D eigenvalue weighted by atomic mass is 9.91. The maximum Gasteiger partial charge on any atom is 0.193 e. The SMILES string of the molecule is O=Cc1ccc(F)cc1-c1cc(C(=O)c2ccc(F)cc2)cc(C(=O)c2ccc(F)cc2)c1. The maximum atomic E-state index is 14.0. The summed E-state index contributed by atoms with van der Waals surface area (Å²) < 4.78 is 40.6. The molecule has 0 unspecified atom stereocenters. The molecule has 0 bridgehead atoms. The van der Waals surface area contributed by atoms with Crippen molar-refractivity contribution < 1.29 is 27.6 Å². The summed E-state index contributed by atoms with van der Waals surface area (Å²) in [7, 11) is 0. The van der Waals surface area contributed by atoms with Crippen molar-refractivity contribution in [1.29, 1.82) is 0 Å². The lowest BCUT2D eigenvalue weighted by Gasteiger charge is -2.12. The topological polar surface area (TPSA) is 51.2 Å². The largest absolute Gasteiger partial charge is 0.298 e. The molecule has 0 aromatic heterocycles. The number of ketones is 2. The van der Waals surface area contributed by atoms with Gasteiger partial charge in [-0.1, -0.05) is 0 Å². The van der Waals surface area contributed by atoms with Gasteiger partial charge in [-0.05, 0) is 96.1 Å². The number of benzene rings is 4. The van der Waals surface area contributed by atoms with E-state index in [0.717, 1.165) is 36.4 Å². The van der Waals surface area contributed by atoms with Gasteiger partial charge in [-0.2, -0.15) is 0 Å². The van der Waals surface area contributed by atoms with E-state index in [1.165, 1.54) is 48.5 Å². The molecule has 0 saturated heterocycles. The summed E-state index contributed by atoms with van der Waals surface area (Å²) in [6.07, 6.45) is 0.546. The number of hydrogen-bond donors (Lipinski definition) is 0. The van der Waals surface area contributed by atoms with Gasteiger partial charge in [0.1, 0.15) is 17.5 Å². The van der Waals surface area contributed by atoms with Crippen molar-refractivity contribution in [2.75, 3.05) is 0 Å². The second-order valence-corrected chi connectivity index (χ2v) is 7.32. The van der Waals surface area contributed by atoms with E-state index in [1.54, 1.807) is 0 Å². The van der Waals surface area contributed by atoms with E-state index in [0.29, 0.717) is 6.29 Å². The van der Waals surface area contributed by atoms with E-state index < -0.39 is 29.0 Å². The van der Waals surface area contributed by atoms with Gasteiger partial charge in [0.2, 0.25) is 0 Å². The van der Waals surface area contributed by atoms with Crippen molar-refractivity contribution in [2.45, 2.75) is 0 Å². The van der Waals surface area contributed by atoms with Crippen LogP contribution in [0.15, 0.2) is 84.9 Å². The molecule has 0 heterocycles. The van der Waals surface area contributed by atoms with Crippen LogP contribution in [0.25, 0.3) is 11.1 Å². The lowest BCUT2D eigenvalue weighted by molar-refractivity contribution is 0.103. The minimum Gasteiger partial charge on any atom is -0.298 e. The highest BCUT2D eigenvalue weighted by Crippen LogP contribution is 2.28. The third-order valence-electron chi connectivity index (χ3n) is 5.12. The zero-order valence-corrected chi connectivity index (χ0v) is 17.0. The second kappa shape index (κ2) is 9.04. The van der Waals surface area contributed by atoms with Crippen LogP contribution in [0.2, 0.25) is 0 Å². The summed E-state index contributed by atoms with van der Waals surface area (Å²) in [5.74, 6) is -2.61. The molecule has 0 aliphatic heterocycles. The van der Waals surface area contributed by atoms with Gasteiger partial charge < -0.3 is 0 Å². The third kappa shape index (κ3) is 4.65. The molecule has 3 nitrogen and oxygen atoms in total. The zero-order chi connectivity index (χ0) is 23.5. The molecule has 0 radical (unpaired) electrons. The Balaban J connectivity index is 1.89. The van der Waals surface area contributed by atoms with Crippen LogP contribution in [0.1, 0.15) is 42.2 Å². The van der Waals surface area contributed by atoms with E-state index in [4.69, 9.17) is 0 Å². The normalized spacial score (nSPS) is 10.6. The molecule has 0 fully saturated rings. The van der Waals surface area contributed by atoms with Crippen LogP contribution >= 0.6 is 0 Å². The highest BCUT2D eigenvalue weighted by molar-refractivity contribution is 6.14. The Labute approximate surface area is 187 Å². The summed E-state index contributed by atoms with van der Waals surface area (Å²) in [4.78, 5) is 37.7. The second-order valence-electron chi connectivity index (χ2n) is 7.32. The highest BCUT2D eigenvalue weighted by atomic mass is 19.1. The molecule has 0 amide bonds. The average molecular weight is 444 g/mol. The first-order valence-electron chi connectivity index (χ1n) is 9.86. The lowest BCUT2D eigenvalue weighted by Crippen LogP contribution is -2.07. The maximum absolute atomic E-state index is 14.0. The number of carbonyl (C=O) groups is 3. The van der Waals surface area contributed by atoms with Gasteiger partial charge >= 0.3 is 0 Å². The first-order chi connectivity index (χ1) is 15.9.